The van der Waals surface area contributed by atoms with E-state index in [2.05, 4.69) is 414 Å². The highest BCUT2D eigenvalue weighted by Gasteiger charge is 2.33. The van der Waals surface area contributed by atoms with Crippen LogP contribution in [0.5, 0.6) is 0 Å². The van der Waals surface area contributed by atoms with Gasteiger partial charge in [-0.15, -0.1) is 0 Å². The Bertz CT molecular complexity index is 10500. The summed E-state index contributed by atoms with van der Waals surface area (Å²) in [5.74, 6) is 5.73. The van der Waals surface area contributed by atoms with Crippen LogP contribution in [0.4, 0.5) is 0 Å². The monoisotopic (exact) mass is 1890 g/mol. The number of benzene rings is 23. The van der Waals surface area contributed by atoms with Gasteiger partial charge in [-0.05, 0) is 193 Å². The van der Waals surface area contributed by atoms with Gasteiger partial charge < -0.3 is 9.13 Å². The van der Waals surface area contributed by atoms with E-state index in [9.17, 15) is 0 Å². The first-order valence-corrected chi connectivity index (χ1v) is 50.5. The molecule has 12 heteroatoms. The number of hydrogen-bond donors (Lipinski definition) is 0. The van der Waals surface area contributed by atoms with Crippen molar-refractivity contribution in [1.82, 2.24) is 58.6 Å². The summed E-state index contributed by atoms with van der Waals surface area (Å²) in [4.78, 5) is 46.2. The second-order valence-electron chi connectivity index (χ2n) is 38.4. The standard InChI is InChI=1S/2C47H28N4.C43H26N4/c1-3-13-30(14-4-1)45-48-46(31-15-5-2-6-16-31)50-47(49-45)33-27-32-17-7-8-19-34(32)41(28-33)51-39-24-12-23-38-36-21-10-9-20-35(36)37-22-11-18-29-25-26-40(51)44(42(29)37)43(38)39;1-3-13-30(14-4-1)45-48-46(31-15-5-2-6-16-31)50-47(49-45)38-27-32-17-7-8-18-33(32)28-41(38)51-39-24-12-23-37-35-21-10-9-20-34(35)36-22-11-19-29-25-26-40(51)44(42(29)36)43(37)39;1-3-12-27(13-4-1)30-17-9-18-31(26-30)42-44-41(29-14-5-2-6-15-29)45-43(46-42)47-36-23-11-22-35-33-20-8-7-19-32(33)34-21-10-16-28-24-25-37(47)40(38(28)34)39(35)36/h2*1-28H;1-26H. The molecule has 3 aliphatic carbocycles. The van der Waals surface area contributed by atoms with Crippen molar-refractivity contribution in [2.24, 2.45) is 0 Å². The lowest BCUT2D eigenvalue weighted by molar-refractivity contribution is 0.953. The van der Waals surface area contributed by atoms with Crippen molar-refractivity contribution < 1.29 is 0 Å². The van der Waals surface area contributed by atoms with Crippen LogP contribution in [0.15, 0.2) is 497 Å². The highest BCUT2D eigenvalue weighted by Crippen LogP contribution is 2.56. The van der Waals surface area contributed by atoms with E-state index < -0.39 is 0 Å². The molecule has 32 rings (SSSR count). The normalized spacial score (nSPS) is 11.9. The molecule has 0 unspecified atom stereocenters. The minimum atomic E-state index is 0.599. The van der Waals surface area contributed by atoms with Crippen LogP contribution in [0.1, 0.15) is 0 Å². The fraction of sp³-hybridized carbons (Fsp3) is 0. The number of nitrogens with zero attached hydrogens (tertiary/aromatic N) is 12. The number of rotatable bonds is 12. The molecule has 0 N–H and O–H groups in total. The summed E-state index contributed by atoms with van der Waals surface area (Å²) < 4.78 is 7.13. The number of aromatic nitrogens is 12. The number of hydrogen-bond acceptors (Lipinski definition) is 9. The van der Waals surface area contributed by atoms with Crippen molar-refractivity contribution in [1.29, 1.82) is 0 Å². The second kappa shape index (κ2) is 34.3. The highest BCUT2D eigenvalue weighted by atomic mass is 15.2. The quantitative estimate of drug-likeness (QED) is 0.117. The number of fused-ring (bicyclic) bond motifs is 11. The van der Waals surface area contributed by atoms with Crippen LogP contribution in [0.3, 0.4) is 0 Å². The first-order valence-electron chi connectivity index (χ1n) is 50.5. The van der Waals surface area contributed by atoms with Gasteiger partial charge in [0, 0.05) is 82.2 Å². The van der Waals surface area contributed by atoms with Gasteiger partial charge in [-0.2, -0.15) is 9.97 Å². The van der Waals surface area contributed by atoms with Gasteiger partial charge in [0.15, 0.2) is 46.6 Å². The van der Waals surface area contributed by atoms with Crippen molar-refractivity contribution in [2.45, 2.75) is 0 Å². The molecule has 0 atom stereocenters. The van der Waals surface area contributed by atoms with Crippen molar-refractivity contribution in [3.63, 3.8) is 0 Å². The fourth-order valence-electron chi connectivity index (χ4n) is 23.6. The van der Waals surface area contributed by atoms with E-state index >= 15 is 0 Å². The van der Waals surface area contributed by atoms with E-state index in [0.29, 0.717) is 52.5 Å². The van der Waals surface area contributed by atoms with Crippen LogP contribution in [0, 0.1) is 0 Å². The highest BCUT2D eigenvalue weighted by molar-refractivity contribution is 6.34. The average molecular weight is 1900 g/mol. The van der Waals surface area contributed by atoms with E-state index in [0.717, 1.165) is 111 Å². The Kier molecular flexibility index (Phi) is 19.4. The third kappa shape index (κ3) is 13.7. The van der Waals surface area contributed by atoms with E-state index in [-0.39, 0.29) is 0 Å². The Hall–Kier alpha value is -20.2. The molecule has 0 radical (unpaired) electrons. The molecular formula is C137H82N12. The van der Waals surface area contributed by atoms with Crippen LogP contribution in [0.25, 0.3) is 306 Å². The van der Waals surface area contributed by atoms with E-state index in [1.54, 1.807) is 0 Å². The summed E-state index contributed by atoms with van der Waals surface area (Å²) >= 11 is 0. The molecular weight excluding hydrogens is 1810 g/mol. The molecule has 0 saturated carbocycles. The molecule has 23 aromatic carbocycles. The third-order valence-corrected chi connectivity index (χ3v) is 30.1. The Balaban J connectivity index is 0.000000103. The van der Waals surface area contributed by atoms with Crippen molar-refractivity contribution in [3.05, 3.63) is 497 Å². The Labute approximate surface area is 855 Å². The van der Waals surface area contributed by atoms with Crippen molar-refractivity contribution in [3.8, 4) is 186 Å². The Morgan fingerprint density at radius 1 is 0.121 bits per heavy atom. The molecule has 0 saturated heterocycles. The summed E-state index contributed by atoms with van der Waals surface area (Å²) in [5.41, 5.74) is 33.8. The molecule has 29 aromatic rings. The van der Waals surface area contributed by atoms with E-state index in [4.69, 9.17) is 44.9 Å². The van der Waals surface area contributed by atoms with Gasteiger partial charge >= 0.3 is 0 Å². The van der Waals surface area contributed by atoms with Crippen LogP contribution in [0.2, 0.25) is 0 Å². The zero-order valence-corrected chi connectivity index (χ0v) is 80.2. The lowest BCUT2D eigenvalue weighted by Gasteiger charge is -2.17. The lowest BCUT2D eigenvalue weighted by atomic mass is 9.93. The fourth-order valence-corrected chi connectivity index (χ4v) is 23.6. The second-order valence-corrected chi connectivity index (χ2v) is 38.4. The first kappa shape index (κ1) is 84.5. The van der Waals surface area contributed by atoms with Gasteiger partial charge in [0.1, 0.15) is 0 Å². The van der Waals surface area contributed by atoms with Gasteiger partial charge in [0.05, 0.1) is 44.5 Å². The van der Waals surface area contributed by atoms with E-state index in [1.165, 1.54) is 142 Å². The lowest BCUT2D eigenvalue weighted by Crippen LogP contribution is -2.06. The summed E-state index contributed by atoms with van der Waals surface area (Å²) in [6.45, 7) is 0. The van der Waals surface area contributed by atoms with Crippen molar-refractivity contribution >= 4 is 119 Å². The third-order valence-electron chi connectivity index (χ3n) is 30.1. The van der Waals surface area contributed by atoms with Gasteiger partial charge in [-0.25, -0.2) is 34.9 Å². The maximum Gasteiger partial charge on any atom is 0.238 e. The molecule has 0 amide bonds. The molecule has 0 bridgehead atoms. The smallest absolute Gasteiger partial charge is 0.238 e. The van der Waals surface area contributed by atoms with Gasteiger partial charge in [-0.3, -0.25) is 4.57 Å². The largest absolute Gasteiger partial charge is 0.309 e. The first-order chi connectivity index (χ1) is 73.9. The summed E-state index contributed by atoms with van der Waals surface area (Å²) in [6.07, 6.45) is 0. The van der Waals surface area contributed by atoms with Crippen LogP contribution in [-0.4, -0.2) is 58.6 Å². The molecule has 0 aliphatic heterocycles. The molecule has 690 valence electrons. The van der Waals surface area contributed by atoms with Crippen LogP contribution in [-0.2, 0) is 0 Å². The minimum absolute atomic E-state index is 0.599. The van der Waals surface area contributed by atoms with Gasteiger partial charge in [0.2, 0.25) is 5.95 Å². The van der Waals surface area contributed by atoms with Crippen LogP contribution >= 0.6 is 0 Å². The zero-order valence-electron chi connectivity index (χ0n) is 80.2. The maximum absolute atomic E-state index is 5.24. The van der Waals surface area contributed by atoms with Gasteiger partial charge in [-0.1, -0.05) is 431 Å². The predicted octanol–water partition coefficient (Wildman–Crippen LogP) is 34.6. The summed E-state index contributed by atoms with van der Waals surface area (Å²) in [6, 6.07) is 176. The van der Waals surface area contributed by atoms with E-state index in [1.807, 2.05) is 97.1 Å². The molecule has 6 aromatic heterocycles. The minimum Gasteiger partial charge on any atom is -0.309 e. The summed E-state index contributed by atoms with van der Waals surface area (Å²) in [5, 5.41) is 19.7. The molecule has 0 fully saturated rings. The molecule has 3 aliphatic rings. The van der Waals surface area contributed by atoms with Gasteiger partial charge in [0.25, 0.3) is 0 Å². The summed E-state index contributed by atoms with van der Waals surface area (Å²) in [7, 11) is 0. The molecule has 149 heavy (non-hydrogen) atoms. The molecule has 12 nitrogen and oxygen atoms in total. The maximum atomic E-state index is 5.24. The molecule has 0 spiro atoms. The topological polar surface area (TPSA) is 131 Å². The Morgan fingerprint density at radius 3 is 0.799 bits per heavy atom. The van der Waals surface area contributed by atoms with Crippen molar-refractivity contribution in [2.75, 3.05) is 0 Å². The zero-order chi connectivity index (χ0) is 97.8. The predicted molar refractivity (Wildman–Crippen MR) is 612 cm³/mol. The SMILES string of the molecule is c1ccc(-c2cccc(-c3nc(-c4ccccc4)nc(-n4c5cccc6c5c5c7c(cccc7ccc54)-c4ccccc4-6)n3)c2)cc1.c1ccc(-c2nc(-c3ccccc3)nc(-c3cc(-n4c5cccc6c5c5c7c(cccc7ccc54)-c4ccccc4-6)c4ccccc4c3)n2)cc1.c1ccc(-c2nc(-c3ccccc3)nc(-c3cc4ccccc4cc3-n3c4cccc5c4c4c6c(cccc6ccc43)-c3ccccc3-5)n2)cc1. The Morgan fingerprint density at radius 2 is 0.389 bits per heavy atom. The molecule has 6 heterocycles. The average Bonchev–Trinajstić information content (AvgIpc) is 1.55. The van der Waals surface area contributed by atoms with Crippen LogP contribution < -0.4 is 0 Å².